The summed E-state index contributed by atoms with van der Waals surface area (Å²) in [5.41, 5.74) is 5.87. The number of carbonyl (C=O) groups is 4. The Morgan fingerprint density at radius 2 is 1.27 bits per heavy atom. The summed E-state index contributed by atoms with van der Waals surface area (Å²) in [6.07, 6.45) is -3.49. The van der Waals surface area contributed by atoms with E-state index in [0.29, 0.717) is 5.56 Å². The van der Waals surface area contributed by atoms with Crippen LogP contribution in [0.5, 0.6) is 11.5 Å². The van der Waals surface area contributed by atoms with Crippen LogP contribution < -0.4 is 15.2 Å². The summed E-state index contributed by atoms with van der Waals surface area (Å²) in [5, 5.41) is 0. The number of rotatable bonds is 12. The smallest absolute Gasteiger partial charge is 0.461 e. The minimum Gasteiger partial charge on any atom is -0.461 e. The van der Waals surface area contributed by atoms with Crippen LogP contribution in [0.15, 0.2) is 18.2 Å². The molecule has 0 bridgehead atoms. The van der Waals surface area contributed by atoms with Crippen LogP contribution in [-0.2, 0) is 35.0 Å². The Morgan fingerprint density at radius 3 is 1.75 bits per heavy atom. The van der Waals surface area contributed by atoms with E-state index in [4.69, 9.17) is 34.2 Å². The molecule has 1 rings (SSSR count). The van der Waals surface area contributed by atoms with Crippen LogP contribution in [0.25, 0.3) is 0 Å². The molecule has 0 spiro atoms. The Bertz CT molecular complexity index is 1010. The highest BCUT2D eigenvalue weighted by Crippen LogP contribution is 2.30. The number of hydrogen-bond acceptors (Lipinski definition) is 11. The van der Waals surface area contributed by atoms with Gasteiger partial charge in [0.05, 0.1) is 5.41 Å². The van der Waals surface area contributed by atoms with Crippen molar-refractivity contribution in [2.75, 3.05) is 6.61 Å². The Hall–Kier alpha value is -3.34. The summed E-state index contributed by atoms with van der Waals surface area (Å²) in [6, 6.07) is 3.30. The number of hydrogen-bond donors (Lipinski definition) is 1. The molecule has 0 amide bonds. The molecule has 0 saturated heterocycles. The van der Waals surface area contributed by atoms with Gasteiger partial charge < -0.3 is 34.2 Å². The first-order valence-corrected chi connectivity index (χ1v) is 13.4. The van der Waals surface area contributed by atoms with Crippen LogP contribution in [-0.4, -0.2) is 55.2 Å². The summed E-state index contributed by atoms with van der Waals surface area (Å²) >= 11 is 0. The third-order valence-electron chi connectivity index (χ3n) is 5.97. The molecule has 2 N–H and O–H groups in total. The Balaban J connectivity index is 2.98. The topological polar surface area (TPSA) is 150 Å². The molecular formula is C29H45NO10. The third-order valence-corrected chi connectivity index (χ3v) is 5.97. The summed E-state index contributed by atoms with van der Waals surface area (Å²) in [4.78, 5) is 49.2. The molecule has 40 heavy (non-hydrogen) atoms. The van der Waals surface area contributed by atoms with E-state index in [1.807, 2.05) is 27.7 Å². The molecule has 11 heteroatoms. The van der Waals surface area contributed by atoms with Crippen molar-refractivity contribution in [3.05, 3.63) is 23.8 Å². The third kappa shape index (κ3) is 12.2. The van der Waals surface area contributed by atoms with Crippen molar-refractivity contribution in [3.8, 4) is 11.5 Å². The first kappa shape index (κ1) is 34.7. The fourth-order valence-corrected chi connectivity index (χ4v) is 2.71. The monoisotopic (exact) mass is 567 g/mol. The average molecular weight is 568 g/mol. The zero-order chi connectivity index (χ0) is 30.8. The highest BCUT2D eigenvalue weighted by atomic mass is 16.8. The van der Waals surface area contributed by atoms with Crippen molar-refractivity contribution in [2.45, 2.75) is 100 Å². The maximum absolute atomic E-state index is 12.5. The molecule has 1 aromatic carbocycles. The number of ether oxygens (including phenoxy) is 6. The van der Waals surface area contributed by atoms with Gasteiger partial charge in [0.1, 0.15) is 31.0 Å². The van der Waals surface area contributed by atoms with Crippen molar-refractivity contribution in [1.82, 2.24) is 0 Å². The molecule has 0 aromatic heterocycles. The first-order valence-electron chi connectivity index (χ1n) is 13.4. The Labute approximate surface area is 236 Å². The van der Waals surface area contributed by atoms with E-state index in [-0.39, 0.29) is 36.4 Å². The molecule has 0 saturated carbocycles. The van der Waals surface area contributed by atoms with Crippen molar-refractivity contribution >= 4 is 24.2 Å². The van der Waals surface area contributed by atoms with Crippen LogP contribution in [0.1, 0.15) is 74.8 Å². The molecule has 2 unspecified atom stereocenters. The zero-order valence-electron chi connectivity index (χ0n) is 25.3. The summed E-state index contributed by atoms with van der Waals surface area (Å²) < 4.78 is 31.6. The van der Waals surface area contributed by atoms with Gasteiger partial charge in [-0.15, -0.1) is 0 Å². The van der Waals surface area contributed by atoms with Gasteiger partial charge in [0.2, 0.25) is 0 Å². The van der Waals surface area contributed by atoms with Gasteiger partial charge in [0, 0.05) is 0 Å². The normalized spacial score (nSPS) is 14.5. The van der Waals surface area contributed by atoms with Crippen LogP contribution >= 0.6 is 0 Å². The highest BCUT2D eigenvalue weighted by Gasteiger charge is 2.26. The van der Waals surface area contributed by atoms with E-state index >= 15 is 0 Å². The van der Waals surface area contributed by atoms with Crippen LogP contribution in [0.4, 0.5) is 9.59 Å². The molecule has 0 aliphatic carbocycles. The largest absolute Gasteiger partial charge is 0.514 e. The Kier molecular flexibility index (Phi) is 13.4. The molecule has 1 aromatic rings. The van der Waals surface area contributed by atoms with Crippen LogP contribution in [0, 0.1) is 17.3 Å². The van der Waals surface area contributed by atoms with E-state index in [2.05, 4.69) is 0 Å². The van der Waals surface area contributed by atoms with Gasteiger partial charge in [-0.05, 0) is 77.5 Å². The fraction of sp³-hybridized carbons (Fsp3) is 0.655. The summed E-state index contributed by atoms with van der Waals surface area (Å²) in [7, 11) is 0. The van der Waals surface area contributed by atoms with E-state index in [1.165, 1.54) is 12.1 Å². The lowest BCUT2D eigenvalue weighted by molar-refractivity contribution is -0.163. The quantitative estimate of drug-likeness (QED) is 0.202. The SMILES string of the molecule is CC(C)C(C)OC(=O)Oc1ccc(C[C@H](N)C(=O)O[C@@H](C)COC(=O)C(C)(C)C)cc1OC(=O)OC(C)C(C)C. The minimum absolute atomic E-state index is 0.0102. The van der Waals surface area contributed by atoms with E-state index in [1.54, 1.807) is 47.6 Å². The second-order valence-electron chi connectivity index (χ2n) is 11.5. The van der Waals surface area contributed by atoms with Gasteiger partial charge in [0.25, 0.3) is 0 Å². The molecule has 0 fully saturated rings. The van der Waals surface area contributed by atoms with Crippen molar-refractivity contribution in [1.29, 1.82) is 0 Å². The van der Waals surface area contributed by atoms with E-state index in [0.717, 1.165) is 0 Å². The predicted octanol–water partition coefficient (Wildman–Crippen LogP) is 5.20. The molecular weight excluding hydrogens is 522 g/mol. The van der Waals surface area contributed by atoms with Gasteiger partial charge in [-0.1, -0.05) is 33.8 Å². The molecule has 0 heterocycles. The van der Waals surface area contributed by atoms with Crippen LogP contribution in [0.2, 0.25) is 0 Å². The first-order chi connectivity index (χ1) is 18.4. The number of esters is 2. The minimum atomic E-state index is -1.08. The second kappa shape index (κ2) is 15.4. The molecule has 0 aliphatic rings. The number of nitrogens with two attached hydrogens (primary N) is 1. The predicted molar refractivity (Wildman–Crippen MR) is 147 cm³/mol. The lowest BCUT2D eigenvalue weighted by Gasteiger charge is -2.21. The van der Waals surface area contributed by atoms with Crippen LogP contribution in [0.3, 0.4) is 0 Å². The molecule has 11 nitrogen and oxygen atoms in total. The lowest BCUT2D eigenvalue weighted by atomic mass is 9.97. The fourth-order valence-electron chi connectivity index (χ4n) is 2.71. The average Bonchev–Trinajstić information content (AvgIpc) is 2.82. The van der Waals surface area contributed by atoms with Crippen molar-refractivity contribution in [2.24, 2.45) is 23.0 Å². The van der Waals surface area contributed by atoms with E-state index < -0.39 is 54.0 Å². The van der Waals surface area contributed by atoms with Gasteiger partial charge in [-0.2, -0.15) is 0 Å². The molecule has 226 valence electrons. The number of carbonyl (C=O) groups excluding carboxylic acids is 4. The van der Waals surface area contributed by atoms with Gasteiger partial charge in [-0.25, -0.2) is 9.59 Å². The van der Waals surface area contributed by atoms with Gasteiger partial charge in [0.15, 0.2) is 11.5 Å². The number of benzene rings is 1. The summed E-state index contributed by atoms with van der Waals surface area (Å²) in [6.45, 7) is 17.6. The molecule has 4 atom stereocenters. The molecule has 0 radical (unpaired) electrons. The maximum Gasteiger partial charge on any atom is 0.514 e. The highest BCUT2D eigenvalue weighted by molar-refractivity contribution is 5.77. The molecule has 0 aliphatic heterocycles. The maximum atomic E-state index is 12.5. The van der Waals surface area contributed by atoms with Crippen molar-refractivity contribution < 1.29 is 47.6 Å². The lowest BCUT2D eigenvalue weighted by Crippen LogP contribution is -2.37. The van der Waals surface area contributed by atoms with Gasteiger partial charge in [-0.3, -0.25) is 9.59 Å². The van der Waals surface area contributed by atoms with E-state index in [9.17, 15) is 19.2 Å². The second-order valence-corrected chi connectivity index (χ2v) is 11.5. The summed E-state index contributed by atoms with van der Waals surface area (Å²) in [5.74, 6) is -1.21. The van der Waals surface area contributed by atoms with Crippen molar-refractivity contribution in [3.63, 3.8) is 0 Å². The van der Waals surface area contributed by atoms with Gasteiger partial charge >= 0.3 is 24.2 Å². The Morgan fingerprint density at radius 1 is 0.775 bits per heavy atom. The zero-order valence-corrected chi connectivity index (χ0v) is 25.3. The standard InChI is InChI=1S/C29H45NO10/c1-16(2)19(6)37-27(33)39-23-12-11-21(14-24(23)40-28(34)38-20(7)17(3)4)13-22(30)25(31)36-18(5)15-35-26(32)29(8,9)10/h11-12,14,16-20,22H,13,15,30H2,1-10H3/t18-,19?,20?,22-/m0/s1.